The highest BCUT2D eigenvalue weighted by atomic mass is 32.1. The summed E-state index contributed by atoms with van der Waals surface area (Å²) in [6, 6.07) is 0. The molecule has 3 rings (SSSR count). The summed E-state index contributed by atoms with van der Waals surface area (Å²) >= 11 is 1.59. The molecule has 3 heterocycles. The topological polar surface area (TPSA) is 63.2 Å². The Hall–Kier alpha value is -1.44. The number of nitrogens with zero attached hydrogens (tertiary/aromatic N) is 5. The molecule has 7 heteroatoms. The molecule has 2 aromatic rings. The van der Waals surface area contributed by atoms with Crippen LogP contribution >= 0.6 is 11.3 Å². The van der Waals surface area contributed by atoms with Crippen molar-refractivity contribution in [1.82, 2.24) is 24.6 Å². The third-order valence-electron chi connectivity index (χ3n) is 3.80. The van der Waals surface area contributed by atoms with Crippen molar-refractivity contribution in [3.05, 3.63) is 29.0 Å². The molecule has 0 saturated carbocycles. The van der Waals surface area contributed by atoms with E-state index in [0.717, 1.165) is 39.3 Å². The van der Waals surface area contributed by atoms with Crippen LogP contribution in [0.4, 0.5) is 5.13 Å². The molecule has 0 spiro atoms. The third-order valence-corrected chi connectivity index (χ3v) is 4.61. The molecule has 0 radical (unpaired) electrons. The standard InChI is InChI=1S/C14H22N6S/c1-18-9-12(7-17-18)10-19-3-2-4-20(6-5-19)11-13-8-16-14(15)21-13/h7-9H,2-6,10-11H2,1H3,(H2,15,16). The van der Waals surface area contributed by atoms with Crippen molar-refractivity contribution in [2.45, 2.75) is 19.5 Å². The average Bonchev–Trinajstić information content (AvgIpc) is 2.96. The van der Waals surface area contributed by atoms with Crippen LogP contribution in [0.15, 0.2) is 18.6 Å². The molecule has 1 aliphatic heterocycles. The highest BCUT2D eigenvalue weighted by Crippen LogP contribution is 2.18. The summed E-state index contributed by atoms with van der Waals surface area (Å²) in [5.41, 5.74) is 6.99. The van der Waals surface area contributed by atoms with E-state index in [9.17, 15) is 0 Å². The summed E-state index contributed by atoms with van der Waals surface area (Å²) in [4.78, 5) is 10.4. The number of anilines is 1. The van der Waals surface area contributed by atoms with Crippen LogP contribution in [0.5, 0.6) is 0 Å². The number of hydrogen-bond acceptors (Lipinski definition) is 6. The van der Waals surface area contributed by atoms with Gasteiger partial charge >= 0.3 is 0 Å². The second-order valence-corrected chi connectivity index (χ2v) is 6.74. The van der Waals surface area contributed by atoms with E-state index in [0.29, 0.717) is 5.13 Å². The maximum atomic E-state index is 5.70. The summed E-state index contributed by atoms with van der Waals surface area (Å²) in [5.74, 6) is 0. The molecule has 2 aromatic heterocycles. The largest absolute Gasteiger partial charge is 0.375 e. The lowest BCUT2D eigenvalue weighted by molar-refractivity contribution is 0.248. The Kier molecular flexibility index (Phi) is 4.52. The van der Waals surface area contributed by atoms with E-state index in [1.165, 1.54) is 16.9 Å². The number of thiazole rings is 1. The summed E-state index contributed by atoms with van der Waals surface area (Å²) in [6.45, 7) is 6.45. The summed E-state index contributed by atoms with van der Waals surface area (Å²) < 4.78 is 1.87. The van der Waals surface area contributed by atoms with Gasteiger partial charge in [0.1, 0.15) is 0 Å². The van der Waals surface area contributed by atoms with Crippen molar-refractivity contribution in [3.8, 4) is 0 Å². The van der Waals surface area contributed by atoms with Crippen molar-refractivity contribution >= 4 is 16.5 Å². The summed E-state index contributed by atoms with van der Waals surface area (Å²) in [6.07, 6.45) is 7.17. The van der Waals surface area contributed by atoms with Gasteiger partial charge in [-0.1, -0.05) is 0 Å². The number of rotatable bonds is 4. The fourth-order valence-electron chi connectivity index (χ4n) is 2.77. The van der Waals surface area contributed by atoms with E-state index < -0.39 is 0 Å². The van der Waals surface area contributed by atoms with E-state index in [1.807, 2.05) is 24.1 Å². The predicted molar refractivity (Wildman–Crippen MR) is 84.9 cm³/mol. The van der Waals surface area contributed by atoms with Crippen molar-refractivity contribution in [3.63, 3.8) is 0 Å². The Balaban J connectivity index is 1.51. The van der Waals surface area contributed by atoms with Gasteiger partial charge in [-0.25, -0.2) is 4.98 Å². The molecular formula is C14H22N6S. The van der Waals surface area contributed by atoms with Crippen LogP contribution in [0.1, 0.15) is 16.9 Å². The van der Waals surface area contributed by atoms with Gasteiger partial charge in [-0.15, -0.1) is 11.3 Å². The first-order chi connectivity index (χ1) is 10.2. The second-order valence-electron chi connectivity index (χ2n) is 5.59. The molecule has 0 amide bonds. The zero-order valence-corrected chi connectivity index (χ0v) is 13.2. The normalized spacial score (nSPS) is 18.0. The van der Waals surface area contributed by atoms with Crippen LogP contribution in [0.25, 0.3) is 0 Å². The number of nitrogen functional groups attached to an aromatic ring is 1. The Morgan fingerprint density at radius 3 is 2.52 bits per heavy atom. The monoisotopic (exact) mass is 306 g/mol. The molecule has 0 atom stereocenters. The van der Waals surface area contributed by atoms with Gasteiger partial charge < -0.3 is 5.73 Å². The quantitative estimate of drug-likeness (QED) is 0.918. The molecule has 0 unspecified atom stereocenters. The number of hydrogen-bond donors (Lipinski definition) is 1. The maximum Gasteiger partial charge on any atom is 0.180 e. The molecule has 2 N–H and O–H groups in total. The molecule has 114 valence electrons. The van der Waals surface area contributed by atoms with E-state index in [1.54, 1.807) is 11.3 Å². The maximum absolute atomic E-state index is 5.70. The van der Waals surface area contributed by atoms with Gasteiger partial charge in [0.25, 0.3) is 0 Å². The third kappa shape index (κ3) is 4.03. The minimum atomic E-state index is 0.665. The van der Waals surface area contributed by atoms with Gasteiger partial charge in [0, 0.05) is 56.1 Å². The molecule has 0 aromatic carbocycles. The van der Waals surface area contributed by atoms with Crippen molar-refractivity contribution in [1.29, 1.82) is 0 Å². The van der Waals surface area contributed by atoms with Crippen molar-refractivity contribution < 1.29 is 0 Å². The van der Waals surface area contributed by atoms with Gasteiger partial charge in [-0.05, 0) is 19.5 Å². The average molecular weight is 306 g/mol. The first kappa shape index (κ1) is 14.5. The molecule has 1 aliphatic rings. The fourth-order valence-corrected chi connectivity index (χ4v) is 3.50. The molecule has 1 fully saturated rings. The first-order valence-corrected chi connectivity index (χ1v) is 8.13. The predicted octanol–water partition coefficient (Wildman–Crippen LogP) is 1.17. The van der Waals surface area contributed by atoms with Gasteiger partial charge in [-0.2, -0.15) is 5.10 Å². The van der Waals surface area contributed by atoms with Gasteiger partial charge in [-0.3, -0.25) is 14.5 Å². The Morgan fingerprint density at radius 1 is 1.14 bits per heavy atom. The minimum Gasteiger partial charge on any atom is -0.375 e. The van der Waals surface area contributed by atoms with E-state index in [2.05, 4.69) is 26.1 Å². The molecular weight excluding hydrogens is 284 g/mol. The fraction of sp³-hybridized carbons (Fsp3) is 0.571. The Morgan fingerprint density at radius 2 is 1.90 bits per heavy atom. The second kappa shape index (κ2) is 6.55. The number of aromatic nitrogens is 3. The van der Waals surface area contributed by atoms with Crippen LogP contribution in [-0.2, 0) is 20.1 Å². The number of aryl methyl sites for hydroxylation is 1. The van der Waals surface area contributed by atoms with Crippen LogP contribution < -0.4 is 5.73 Å². The molecule has 0 aliphatic carbocycles. The zero-order valence-electron chi connectivity index (χ0n) is 12.4. The van der Waals surface area contributed by atoms with Crippen LogP contribution in [-0.4, -0.2) is 50.7 Å². The zero-order chi connectivity index (χ0) is 14.7. The van der Waals surface area contributed by atoms with Crippen LogP contribution in [0, 0.1) is 0 Å². The lowest BCUT2D eigenvalue weighted by atomic mass is 10.3. The Bertz CT molecular complexity index is 527. The van der Waals surface area contributed by atoms with Gasteiger partial charge in [0.05, 0.1) is 6.20 Å². The minimum absolute atomic E-state index is 0.665. The van der Waals surface area contributed by atoms with Crippen molar-refractivity contribution in [2.24, 2.45) is 7.05 Å². The van der Waals surface area contributed by atoms with Gasteiger partial charge in [0.2, 0.25) is 0 Å². The number of nitrogens with two attached hydrogens (primary N) is 1. The van der Waals surface area contributed by atoms with Crippen molar-refractivity contribution in [2.75, 3.05) is 31.9 Å². The molecule has 21 heavy (non-hydrogen) atoms. The SMILES string of the molecule is Cn1cc(CN2CCCN(Cc3cnc(N)s3)CC2)cn1. The molecule has 1 saturated heterocycles. The van der Waals surface area contributed by atoms with Gasteiger partial charge in [0.15, 0.2) is 5.13 Å². The lowest BCUT2D eigenvalue weighted by Crippen LogP contribution is -2.30. The highest BCUT2D eigenvalue weighted by Gasteiger charge is 2.16. The van der Waals surface area contributed by atoms with Crippen LogP contribution in [0.3, 0.4) is 0 Å². The molecule has 0 bridgehead atoms. The lowest BCUT2D eigenvalue weighted by Gasteiger charge is -2.20. The highest BCUT2D eigenvalue weighted by molar-refractivity contribution is 7.15. The summed E-state index contributed by atoms with van der Waals surface area (Å²) in [7, 11) is 1.97. The van der Waals surface area contributed by atoms with E-state index in [4.69, 9.17) is 5.73 Å². The Labute approximate surface area is 129 Å². The van der Waals surface area contributed by atoms with E-state index in [-0.39, 0.29) is 0 Å². The summed E-state index contributed by atoms with van der Waals surface area (Å²) in [5, 5.41) is 4.91. The molecule has 6 nitrogen and oxygen atoms in total. The van der Waals surface area contributed by atoms with E-state index >= 15 is 0 Å². The van der Waals surface area contributed by atoms with Crippen LogP contribution in [0.2, 0.25) is 0 Å². The first-order valence-electron chi connectivity index (χ1n) is 7.31. The smallest absolute Gasteiger partial charge is 0.180 e.